The van der Waals surface area contributed by atoms with Crippen molar-refractivity contribution in [3.05, 3.63) is 0 Å². The van der Waals surface area contributed by atoms with Crippen LogP contribution in [0, 0.1) is 0 Å². The minimum Gasteiger partial charge on any atom is -0.328 e. The molecule has 0 saturated heterocycles. The Morgan fingerprint density at radius 2 is 2.14 bits per heavy atom. The van der Waals surface area contributed by atoms with Gasteiger partial charge in [0.25, 0.3) is 0 Å². The summed E-state index contributed by atoms with van der Waals surface area (Å²) in [5.41, 5.74) is 4.83. The van der Waals surface area contributed by atoms with Crippen molar-refractivity contribution in [3.8, 4) is 0 Å². The summed E-state index contributed by atoms with van der Waals surface area (Å²) in [4.78, 5) is 0. The summed E-state index contributed by atoms with van der Waals surface area (Å²) >= 11 is 5.01. The van der Waals surface area contributed by atoms with E-state index in [0.29, 0.717) is 6.54 Å². The molecular weight excluding hydrogens is 114 g/mol. The lowest BCUT2D eigenvalue weighted by atomic mass is 10.1. The molecule has 0 aliphatic rings. The molecule has 0 spiro atoms. The normalized spacial score (nSPS) is 12.0. The predicted molar refractivity (Wildman–Crippen MR) is 30.1 cm³/mol. The quantitative estimate of drug-likeness (QED) is 0.592. The predicted octanol–water partition coefficient (Wildman–Crippen LogP) is 0.894. The molecule has 44 valence electrons. The Kier molecular flexibility index (Phi) is 2.58. The Morgan fingerprint density at radius 1 is 1.71 bits per heavy atom. The SMILES string of the molecule is CC(C)(CN)OCl. The van der Waals surface area contributed by atoms with Crippen LogP contribution in [-0.2, 0) is 4.29 Å². The van der Waals surface area contributed by atoms with Crippen LogP contribution in [0.2, 0.25) is 0 Å². The fourth-order valence-electron chi connectivity index (χ4n) is 0.0315. The molecule has 0 rings (SSSR count). The van der Waals surface area contributed by atoms with Crippen molar-refractivity contribution in [1.82, 2.24) is 0 Å². The second-order valence-corrected chi connectivity index (χ2v) is 2.20. The number of hydrogen-bond donors (Lipinski definition) is 1. The van der Waals surface area contributed by atoms with Crippen molar-refractivity contribution in [3.63, 3.8) is 0 Å². The van der Waals surface area contributed by atoms with Crippen molar-refractivity contribution in [2.45, 2.75) is 19.4 Å². The zero-order valence-corrected chi connectivity index (χ0v) is 5.33. The van der Waals surface area contributed by atoms with Crippen molar-refractivity contribution in [2.75, 3.05) is 6.54 Å². The number of halogens is 1. The van der Waals surface area contributed by atoms with Gasteiger partial charge < -0.3 is 5.73 Å². The molecular formula is C4H10ClNO. The van der Waals surface area contributed by atoms with Gasteiger partial charge in [-0.3, -0.25) is 4.29 Å². The lowest BCUT2D eigenvalue weighted by molar-refractivity contribution is 0.135. The first-order valence-electron chi connectivity index (χ1n) is 2.12. The summed E-state index contributed by atoms with van der Waals surface area (Å²) in [5, 5.41) is 0. The molecule has 0 fully saturated rings. The highest BCUT2D eigenvalue weighted by Crippen LogP contribution is 2.07. The second-order valence-electron chi connectivity index (χ2n) is 2.04. The first-order chi connectivity index (χ1) is 3.12. The maximum absolute atomic E-state index is 5.21. The van der Waals surface area contributed by atoms with Gasteiger partial charge in [0, 0.05) is 6.54 Å². The summed E-state index contributed by atoms with van der Waals surface area (Å²) in [6.45, 7) is 4.08. The summed E-state index contributed by atoms with van der Waals surface area (Å²) in [6, 6.07) is 0. The zero-order valence-electron chi connectivity index (χ0n) is 4.57. The summed E-state index contributed by atoms with van der Waals surface area (Å²) in [6.07, 6.45) is 0. The average molecular weight is 124 g/mol. The van der Waals surface area contributed by atoms with Gasteiger partial charge in [-0.2, -0.15) is 0 Å². The lowest BCUT2D eigenvalue weighted by Crippen LogP contribution is -2.30. The van der Waals surface area contributed by atoms with E-state index < -0.39 is 0 Å². The van der Waals surface area contributed by atoms with E-state index in [0.717, 1.165) is 0 Å². The number of hydrogen-bond acceptors (Lipinski definition) is 2. The first-order valence-corrected chi connectivity index (χ1v) is 2.43. The van der Waals surface area contributed by atoms with Gasteiger partial charge >= 0.3 is 0 Å². The first kappa shape index (κ1) is 7.21. The fourth-order valence-corrected chi connectivity index (χ4v) is 0.0945. The van der Waals surface area contributed by atoms with Gasteiger partial charge in [-0.1, -0.05) is 0 Å². The van der Waals surface area contributed by atoms with Gasteiger partial charge in [0.05, 0.1) is 17.5 Å². The van der Waals surface area contributed by atoms with Crippen LogP contribution in [0.4, 0.5) is 0 Å². The van der Waals surface area contributed by atoms with Crippen LogP contribution in [-0.4, -0.2) is 12.1 Å². The molecule has 3 heteroatoms. The standard InChI is InChI=1S/C4H10ClNO/c1-4(2,3-6)7-5/h3,6H2,1-2H3. The molecule has 0 aromatic carbocycles. The van der Waals surface area contributed by atoms with Crippen LogP contribution in [0.1, 0.15) is 13.8 Å². The number of nitrogens with two attached hydrogens (primary N) is 1. The van der Waals surface area contributed by atoms with E-state index in [1.54, 1.807) is 0 Å². The highest BCUT2D eigenvalue weighted by atomic mass is 35.5. The van der Waals surface area contributed by atoms with E-state index in [9.17, 15) is 0 Å². The Hall–Kier alpha value is 0.210. The minimum absolute atomic E-state index is 0.373. The average Bonchev–Trinajstić information content (AvgIpc) is 1.68. The second kappa shape index (κ2) is 2.50. The monoisotopic (exact) mass is 123 g/mol. The van der Waals surface area contributed by atoms with Crippen molar-refractivity contribution < 1.29 is 4.29 Å². The molecule has 0 saturated carbocycles. The molecule has 2 nitrogen and oxygen atoms in total. The Morgan fingerprint density at radius 3 is 2.14 bits per heavy atom. The molecule has 2 N–H and O–H groups in total. The van der Waals surface area contributed by atoms with E-state index in [1.165, 1.54) is 0 Å². The topological polar surface area (TPSA) is 35.2 Å². The molecule has 0 radical (unpaired) electrons. The molecule has 0 unspecified atom stereocenters. The molecule has 0 bridgehead atoms. The van der Waals surface area contributed by atoms with Gasteiger partial charge in [0.1, 0.15) is 0 Å². The van der Waals surface area contributed by atoms with Gasteiger partial charge in [-0.25, -0.2) is 0 Å². The lowest BCUT2D eigenvalue weighted by Gasteiger charge is -2.15. The maximum Gasteiger partial charge on any atom is 0.0962 e. The summed E-state index contributed by atoms with van der Waals surface area (Å²) < 4.78 is 4.43. The molecule has 0 aromatic heterocycles. The van der Waals surface area contributed by atoms with Crippen molar-refractivity contribution in [1.29, 1.82) is 0 Å². The molecule has 7 heavy (non-hydrogen) atoms. The van der Waals surface area contributed by atoms with Crippen molar-refractivity contribution >= 4 is 11.9 Å². The van der Waals surface area contributed by atoms with Crippen molar-refractivity contribution in [2.24, 2.45) is 5.73 Å². The molecule has 0 aromatic rings. The smallest absolute Gasteiger partial charge is 0.0962 e. The fraction of sp³-hybridized carbons (Fsp3) is 1.00. The third-order valence-electron chi connectivity index (χ3n) is 0.700. The molecule has 0 heterocycles. The molecule has 0 amide bonds. The molecule has 0 aliphatic heterocycles. The highest BCUT2D eigenvalue weighted by Gasteiger charge is 2.13. The minimum atomic E-state index is -0.373. The van der Waals surface area contributed by atoms with Gasteiger partial charge in [-0.05, 0) is 13.8 Å². The Balaban J connectivity index is 3.36. The van der Waals surface area contributed by atoms with Crippen LogP contribution >= 0.6 is 11.9 Å². The van der Waals surface area contributed by atoms with Crippen LogP contribution < -0.4 is 5.73 Å². The van der Waals surface area contributed by atoms with E-state index in [1.807, 2.05) is 13.8 Å². The van der Waals surface area contributed by atoms with Gasteiger partial charge in [-0.15, -0.1) is 0 Å². The van der Waals surface area contributed by atoms with Crippen LogP contribution in [0.3, 0.4) is 0 Å². The third kappa shape index (κ3) is 2.85. The third-order valence-corrected chi connectivity index (χ3v) is 1.12. The summed E-state index contributed by atoms with van der Waals surface area (Å²) in [5.74, 6) is 0. The van der Waals surface area contributed by atoms with E-state index >= 15 is 0 Å². The Labute approximate surface area is 48.8 Å². The maximum atomic E-state index is 5.21. The Bertz CT molecular complexity index is 49.7. The van der Waals surface area contributed by atoms with Gasteiger partial charge in [0.15, 0.2) is 0 Å². The molecule has 0 aliphatic carbocycles. The van der Waals surface area contributed by atoms with E-state index in [2.05, 4.69) is 4.29 Å². The number of rotatable bonds is 2. The van der Waals surface area contributed by atoms with E-state index in [4.69, 9.17) is 17.6 Å². The van der Waals surface area contributed by atoms with E-state index in [-0.39, 0.29) is 5.60 Å². The zero-order chi connectivity index (χ0) is 5.91. The van der Waals surface area contributed by atoms with Crippen LogP contribution in [0.15, 0.2) is 0 Å². The van der Waals surface area contributed by atoms with Crippen LogP contribution in [0.25, 0.3) is 0 Å². The molecule has 0 atom stereocenters. The highest BCUT2D eigenvalue weighted by molar-refractivity contribution is 6.07. The summed E-state index contributed by atoms with van der Waals surface area (Å²) in [7, 11) is 0. The van der Waals surface area contributed by atoms with Gasteiger partial charge in [0.2, 0.25) is 0 Å². The van der Waals surface area contributed by atoms with Crippen LogP contribution in [0.5, 0.6) is 0 Å². The largest absolute Gasteiger partial charge is 0.328 e.